The van der Waals surface area contributed by atoms with Gasteiger partial charge in [0.05, 0.1) is 24.3 Å². The molecule has 226 valence electrons. The number of rotatable bonds is 8. The van der Waals surface area contributed by atoms with Crippen LogP contribution in [-0.4, -0.2) is 45.3 Å². The first kappa shape index (κ1) is 30.5. The number of carbonyl (C=O) groups excluding carboxylic acids is 3. The highest BCUT2D eigenvalue weighted by Gasteiger charge is 2.30. The number of esters is 1. The predicted molar refractivity (Wildman–Crippen MR) is 161 cm³/mol. The van der Waals surface area contributed by atoms with Crippen LogP contribution in [0.4, 0.5) is 20.2 Å². The quantitative estimate of drug-likeness (QED) is 0.177. The van der Waals surface area contributed by atoms with Crippen molar-refractivity contribution in [2.45, 2.75) is 18.9 Å². The summed E-state index contributed by atoms with van der Waals surface area (Å²) in [7, 11) is 2.68. The van der Waals surface area contributed by atoms with E-state index in [1.807, 2.05) is 6.07 Å². The van der Waals surface area contributed by atoms with Crippen molar-refractivity contribution in [2.75, 3.05) is 37.8 Å². The van der Waals surface area contributed by atoms with Crippen LogP contribution < -0.4 is 10.2 Å². The fourth-order valence-corrected chi connectivity index (χ4v) is 5.28. The fourth-order valence-electron chi connectivity index (χ4n) is 5.28. The van der Waals surface area contributed by atoms with Crippen molar-refractivity contribution in [3.8, 4) is 11.1 Å². The second-order valence-electron chi connectivity index (χ2n) is 10.1. The third-order valence-corrected chi connectivity index (χ3v) is 7.33. The maximum atomic E-state index is 14.3. The van der Waals surface area contributed by atoms with E-state index < -0.39 is 35.5 Å². The molecule has 0 radical (unpaired) electrons. The molecule has 4 aromatic rings. The Bertz CT molecular complexity index is 1690. The number of benzene rings is 4. The fraction of sp³-hybridized carbons (Fsp3) is 0.206. The highest BCUT2D eigenvalue weighted by atomic mass is 19.1. The number of nitrogens with one attached hydrogen (secondary N) is 1. The van der Waals surface area contributed by atoms with E-state index >= 15 is 0 Å². The minimum atomic E-state index is -0.785. The second kappa shape index (κ2) is 13.6. The van der Waals surface area contributed by atoms with Crippen molar-refractivity contribution in [3.05, 3.63) is 119 Å². The molecule has 5 rings (SSSR count). The smallest absolute Gasteiger partial charge is 0.338 e. The van der Waals surface area contributed by atoms with Crippen molar-refractivity contribution in [1.82, 2.24) is 0 Å². The Morgan fingerprint density at radius 1 is 0.864 bits per heavy atom. The average molecular weight is 601 g/mol. The topological polar surface area (TPSA) is 94.2 Å². The molecule has 1 heterocycles. The predicted octanol–water partition coefficient (Wildman–Crippen LogP) is 6.77. The summed E-state index contributed by atoms with van der Waals surface area (Å²) in [5.41, 5.74) is 2.40. The first-order chi connectivity index (χ1) is 21.3. The Morgan fingerprint density at radius 3 is 2.34 bits per heavy atom. The first-order valence-corrected chi connectivity index (χ1v) is 13.9. The van der Waals surface area contributed by atoms with Crippen LogP contribution in [0.5, 0.6) is 0 Å². The summed E-state index contributed by atoms with van der Waals surface area (Å²) < 4.78 is 44.2. The maximum absolute atomic E-state index is 14.3. The van der Waals surface area contributed by atoms with Gasteiger partial charge in [-0.05, 0) is 78.6 Å². The molecule has 0 aliphatic carbocycles. The van der Waals surface area contributed by atoms with E-state index in [4.69, 9.17) is 14.2 Å². The van der Waals surface area contributed by atoms with Crippen molar-refractivity contribution < 1.29 is 37.4 Å². The zero-order valence-electron chi connectivity index (χ0n) is 24.1. The zero-order valence-corrected chi connectivity index (χ0v) is 24.1. The number of amides is 2. The molecule has 0 bridgehead atoms. The monoisotopic (exact) mass is 600 g/mol. The number of anilines is 2. The Hall–Kier alpha value is -4.93. The number of methoxy groups -OCH3 is 2. The minimum Gasteiger partial charge on any atom is -0.465 e. The van der Waals surface area contributed by atoms with Gasteiger partial charge in [-0.2, -0.15) is 0 Å². The highest BCUT2D eigenvalue weighted by molar-refractivity contribution is 6.14. The molecule has 0 fully saturated rings. The van der Waals surface area contributed by atoms with Crippen molar-refractivity contribution >= 4 is 29.2 Å². The van der Waals surface area contributed by atoms with Gasteiger partial charge in [0, 0.05) is 36.2 Å². The Kier molecular flexibility index (Phi) is 9.42. The van der Waals surface area contributed by atoms with Crippen LogP contribution >= 0.6 is 0 Å². The molecule has 0 aromatic heterocycles. The van der Waals surface area contributed by atoms with Gasteiger partial charge in [-0.15, -0.1) is 0 Å². The molecular weight excluding hydrogens is 570 g/mol. The number of ether oxygens (including phenoxy) is 3. The summed E-state index contributed by atoms with van der Waals surface area (Å²) >= 11 is 0. The van der Waals surface area contributed by atoms with Crippen LogP contribution in [0.2, 0.25) is 0 Å². The first-order valence-electron chi connectivity index (χ1n) is 13.9. The van der Waals surface area contributed by atoms with Crippen molar-refractivity contribution in [3.63, 3.8) is 0 Å². The van der Waals surface area contributed by atoms with Crippen LogP contribution in [0.25, 0.3) is 11.1 Å². The summed E-state index contributed by atoms with van der Waals surface area (Å²) in [6.07, 6.45) is 0.565. The molecule has 1 N–H and O–H groups in total. The maximum Gasteiger partial charge on any atom is 0.338 e. The third-order valence-electron chi connectivity index (χ3n) is 7.33. The summed E-state index contributed by atoms with van der Waals surface area (Å²) in [5, 5.41) is 2.75. The average Bonchev–Trinajstić information content (AvgIpc) is 3.22. The van der Waals surface area contributed by atoms with Crippen LogP contribution in [0.1, 0.15) is 55.6 Å². The van der Waals surface area contributed by atoms with Crippen LogP contribution in [0, 0.1) is 11.6 Å². The van der Waals surface area contributed by atoms with Gasteiger partial charge in [0.1, 0.15) is 18.4 Å². The molecule has 0 spiro atoms. The van der Waals surface area contributed by atoms with Gasteiger partial charge in [0.25, 0.3) is 11.8 Å². The lowest BCUT2D eigenvalue weighted by atomic mass is 9.98. The van der Waals surface area contributed by atoms with Gasteiger partial charge in [-0.3, -0.25) is 9.59 Å². The lowest BCUT2D eigenvalue weighted by molar-refractivity contribution is -0.0754. The molecule has 8 nitrogen and oxygen atoms in total. The number of fused-ring (bicyclic) bond motifs is 1. The SMILES string of the molecule is COCOC1CCCN(C(=O)c2ccc(NC(=O)c3ccc(F)cc3-c3ccccc3)cc2C(=O)OC)c2ccc(F)cc21. The molecule has 2 amide bonds. The van der Waals surface area contributed by atoms with E-state index in [2.05, 4.69) is 5.32 Å². The molecule has 44 heavy (non-hydrogen) atoms. The lowest BCUT2D eigenvalue weighted by Gasteiger charge is -2.25. The lowest BCUT2D eigenvalue weighted by Crippen LogP contribution is -2.33. The van der Waals surface area contributed by atoms with Gasteiger partial charge >= 0.3 is 5.97 Å². The normalized spacial score (nSPS) is 14.4. The molecule has 1 aliphatic heterocycles. The van der Waals surface area contributed by atoms with E-state index in [0.717, 1.165) is 0 Å². The van der Waals surface area contributed by atoms with Crippen LogP contribution in [0.3, 0.4) is 0 Å². The molecule has 1 aliphatic rings. The second-order valence-corrected chi connectivity index (χ2v) is 10.1. The van der Waals surface area contributed by atoms with Gasteiger partial charge in [-0.1, -0.05) is 30.3 Å². The van der Waals surface area contributed by atoms with Gasteiger partial charge in [-0.25, -0.2) is 13.6 Å². The number of carbonyl (C=O) groups is 3. The van der Waals surface area contributed by atoms with Crippen molar-refractivity contribution in [2.24, 2.45) is 0 Å². The Labute approximate surface area is 253 Å². The molecule has 0 saturated carbocycles. The largest absolute Gasteiger partial charge is 0.465 e. The van der Waals surface area contributed by atoms with Gasteiger partial charge in [0.2, 0.25) is 0 Å². The molecule has 10 heteroatoms. The van der Waals surface area contributed by atoms with E-state index in [1.54, 1.807) is 24.3 Å². The minimum absolute atomic E-state index is 0.000991. The van der Waals surface area contributed by atoms with Crippen LogP contribution in [-0.2, 0) is 14.2 Å². The Balaban J connectivity index is 1.47. The van der Waals surface area contributed by atoms with E-state index in [1.165, 1.54) is 73.7 Å². The summed E-state index contributed by atoms with van der Waals surface area (Å²) in [6, 6.07) is 21.2. The Morgan fingerprint density at radius 2 is 1.59 bits per heavy atom. The number of halogens is 2. The van der Waals surface area contributed by atoms with E-state index in [0.29, 0.717) is 35.2 Å². The molecule has 0 saturated heterocycles. The van der Waals surface area contributed by atoms with E-state index in [9.17, 15) is 23.2 Å². The van der Waals surface area contributed by atoms with Crippen molar-refractivity contribution in [1.29, 1.82) is 0 Å². The standard InChI is InChI=1S/C34H30F2N2O6/c1-42-20-44-31-9-6-16-38(30-15-11-23(36)18-29(30)31)33(40)26-14-12-24(19-28(26)34(41)43-2)37-32(39)25-13-10-22(35)17-27(25)21-7-4-3-5-8-21/h3-5,7-8,10-15,17-19,31H,6,9,16,20H2,1-2H3,(H,37,39). The molecule has 1 atom stereocenters. The number of nitrogens with zero attached hydrogens (tertiary/aromatic N) is 1. The number of hydrogen-bond acceptors (Lipinski definition) is 6. The third kappa shape index (κ3) is 6.51. The van der Waals surface area contributed by atoms with Gasteiger partial charge < -0.3 is 24.4 Å². The molecule has 4 aromatic carbocycles. The summed E-state index contributed by atoms with van der Waals surface area (Å²) in [6.45, 7) is 0.287. The number of hydrogen-bond donors (Lipinski definition) is 1. The summed E-state index contributed by atoms with van der Waals surface area (Å²) in [4.78, 5) is 41.7. The van der Waals surface area contributed by atoms with Gasteiger partial charge in [0.15, 0.2) is 0 Å². The molecule has 1 unspecified atom stereocenters. The highest BCUT2D eigenvalue weighted by Crippen LogP contribution is 2.37. The zero-order chi connectivity index (χ0) is 31.2. The van der Waals surface area contributed by atoms with E-state index in [-0.39, 0.29) is 35.7 Å². The summed E-state index contributed by atoms with van der Waals surface area (Å²) in [5.74, 6) is -2.80. The molecular formula is C34H30F2N2O6. The van der Waals surface area contributed by atoms with Crippen LogP contribution in [0.15, 0.2) is 84.9 Å².